The molecule has 0 bridgehead atoms. The molecule has 3 heterocycles. The maximum Gasteiger partial charge on any atom is 0.258 e. The second-order valence-corrected chi connectivity index (χ2v) is 8.80. The number of carbonyl (C=O) groups is 1. The number of nitrogens with zero attached hydrogens (tertiary/aromatic N) is 2. The van der Waals surface area contributed by atoms with Crippen molar-refractivity contribution in [2.45, 2.75) is 6.04 Å². The van der Waals surface area contributed by atoms with Gasteiger partial charge < -0.3 is 20.7 Å². The van der Waals surface area contributed by atoms with Crippen LogP contribution in [0.4, 0.5) is 13.8 Å². The van der Waals surface area contributed by atoms with Crippen LogP contribution in [0.3, 0.4) is 0 Å². The Morgan fingerprint density at radius 1 is 1.35 bits per heavy atom. The lowest BCUT2D eigenvalue weighted by Crippen LogP contribution is -2.54. The van der Waals surface area contributed by atoms with Gasteiger partial charge in [0.25, 0.3) is 5.91 Å². The Labute approximate surface area is 184 Å². The van der Waals surface area contributed by atoms with Crippen LogP contribution in [0.1, 0.15) is 15.9 Å². The highest BCUT2D eigenvalue weighted by Crippen LogP contribution is 2.46. The summed E-state index contributed by atoms with van der Waals surface area (Å²) >= 11 is 7.37. The Morgan fingerprint density at radius 3 is 2.94 bits per heavy atom. The van der Waals surface area contributed by atoms with E-state index in [0.29, 0.717) is 19.6 Å². The SMILES string of the molecule is N#Cc1c(N)sc2c(F)ccc(-c3c(Cl)cc4c(c3F)OC[C@H]3CNCCN3C4=O)c12. The smallest absolute Gasteiger partial charge is 0.258 e. The molecule has 3 N–H and O–H groups in total. The molecule has 2 aromatic carbocycles. The Kier molecular flexibility index (Phi) is 4.73. The fraction of sp³-hybridized carbons (Fsp3) is 0.238. The van der Waals surface area contributed by atoms with Gasteiger partial charge >= 0.3 is 0 Å². The number of halogens is 3. The lowest BCUT2D eigenvalue weighted by molar-refractivity contribution is 0.0606. The van der Waals surface area contributed by atoms with Crippen LogP contribution in [0.25, 0.3) is 21.2 Å². The first kappa shape index (κ1) is 20.0. The molecule has 0 aliphatic carbocycles. The monoisotopic (exact) mass is 460 g/mol. The summed E-state index contributed by atoms with van der Waals surface area (Å²) in [6, 6.07) is 5.64. The number of nitrogens with one attached hydrogen (secondary N) is 1. The topological polar surface area (TPSA) is 91.4 Å². The molecule has 2 aliphatic rings. The van der Waals surface area contributed by atoms with Crippen molar-refractivity contribution in [2.75, 3.05) is 32.0 Å². The van der Waals surface area contributed by atoms with Gasteiger partial charge in [0.05, 0.1) is 26.9 Å². The molecule has 0 saturated carbocycles. The predicted molar refractivity (Wildman–Crippen MR) is 115 cm³/mol. The summed E-state index contributed by atoms with van der Waals surface area (Å²) in [6.45, 7) is 1.78. The van der Waals surface area contributed by atoms with Crippen molar-refractivity contribution in [3.05, 3.63) is 46.0 Å². The molecular formula is C21H15ClF2N4O2S. The zero-order valence-electron chi connectivity index (χ0n) is 16.0. The van der Waals surface area contributed by atoms with E-state index < -0.39 is 11.6 Å². The van der Waals surface area contributed by atoms with Crippen molar-refractivity contribution in [3.8, 4) is 22.9 Å². The highest BCUT2D eigenvalue weighted by Gasteiger charge is 2.36. The number of carbonyl (C=O) groups excluding carboxylic acids is 1. The van der Waals surface area contributed by atoms with E-state index >= 15 is 4.39 Å². The highest BCUT2D eigenvalue weighted by molar-refractivity contribution is 7.23. The normalized spacial score (nSPS) is 18.2. The molecule has 10 heteroatoms. The van der Waals surface area contributed by atoms with Crippen LogP contribution in [-0.4, -0.2) is 43.1 Å². The van der Waals surface area contributed by atoms with E-state index in [-0.39, 0.29) is 66.7 Å². The quantitative estimate of drug-likeness (QED) is 0.577. The van der Waals surface area contributed by atoms with Gasteiger partial charge in [0, 0.05) is 30.6 Å². The number of nitrogen functional groups attached to an aromatic ring is 1. The molecule has 1 amide bonds. The number of fused-ring (bicyclic) bond motifs is 3. The van der Waals surface area contributed by atoms with Crippen molar-refractivity contribution < 1.29 is 18.3 Å². The first-order valence-electron chi connectivity index (χ1n) is 9.49. The third kappa shape index (κ3) is 2.94. The predicted octanol–water partition coefficient (Wildman–Crippen LogP) is 3.76. The Bertz CT molecular complexity index is 1300. The average molecular weight is 461 g/mol. The van der Waals surface area contributed by atoms with Crippen molar-refractivity contribution in [1.82, 2.24) is 10.2 Å². The van der Waals surface area contributed by atoms with Gasteiger partial charge in [0.1, 0.15) is 23.5 Å². The number of thiophene rings is 1. The van der Waals surface area contributed by atoms with E-state index in [0.717, 1.165) is 11.3 Å². The zero-order chi connectivity index (χ0) is 21.9. The molecule has 0 spiro atoms. The number of ether oxygens (including phenoxy) is 1. The molecule has 3 aromatic rings. The molecule has 1 fully saturated rings. The number of anilines is 1. The number of piperazine rings is 1. The number of benzene rings is 2. The third-order valence-electron chi connectivity index (χ3n) is 5.63. The van der Waals surface area contributed by atoms with E-state index in [2.05, 4.69) is 5.32 Å². The van der Waals surface area contributed by atoms with Gasteiger partial charge in [0.15, 0.2) is 11.6 Å². The van der Waals surface area contributed by atoms with E-state index in [4.69, 9.17) is 22.1 Å². The molecule has 1 saturated heterocycles. The minimum atomic E-state index is -0.828. The molecule has 31 heavy (non-hydrogen) atoms. The molecule has 6 nitrogen and oxygen atoms in total. The summed E-state index contributed by atoms with van der Waals surface area (Å²) in [6.07, 6.45) is 0. The molecule has 158 valence electrons. The number of hydrogen-bond acceptors (Lipinski definition) is 6. The zero-order valence-corrected chi connectivity index (χ0v) is 17.5. The van der Waals surface area contributed by atoms with Crippen LogP contribution in [-0.2, 0) is 0 Å². The lowest BCUT2D eigenvalue weighted by Gasteiger charge is -2.33. The molecule has 0 radical (unpaired) electrons. The van der Waals surface area contributed by atoms with E-state index in [1.54, 1.807) is 4.90 Å². The minimum absolute atomic E-state index is 0.0386. The largest absolute Gasteiger partial charge is 0.487 e. The maximum absolute atomic E-state index is 15.8. The van der Waals surface area contributed by atoms with E-state index in [9.17, 15) is 14.4 Å². The van der Waals surface area contributed by atoms with Crippen LogP contribution in [0.15, 0.2) is 18.2 Å². The summed E-state index contributed by atoms with van der Waals surface area (Å²) in [7, 11) is 0. The summed E-state index contributed by atoms with van der Waals surface area (Å²) in [4.78, 5) is 14.7. The van der Waals surface area contributed by atoms with E-state index in [1.807, 2.05) is 6.07 Å². The van der Waals surface area contributed by atoms with Gasteiger partial charge in [-0.05, 0) is 17.7 Å². The summed E-state index contributed by atoms with van der Waals surface area (Å²) in [5.41, 5.74) is 6.14. The van der Waals surface area contributed by atoms with Crippen molar-refractivity contribution in [2.24, 2.45) is 0 Å². The van der Waals surface area contributed by atoms with Crippen LogP contribution >= 0.6 is 22.9 Å². The maximum atomic E-state index is 15.8. The second kappa shape index (κ2) is 7.34. The van der Waals surface area contributed by atoms with Crippen LogP contribution in [0.2, 0.25) is 5.02 Å². The van der Waals surface area contributed by atoms with Crippen LogP contribution in [0.5, 0.6) is 5.75 Å². The van der Waals surface area contributed by atoms with Crippen molar-refractivity contribution in [3.63, 3.8) is 0 Å². The number of nitriles is 1. The standard InChI is InChI=1S/C21H15ClF2N4O2S/c22-13-5-11-18(30-8-9-7-27-3-4-28(9)21(11)29)17(24)16(13)10-1-2-14(23)19-15(10)12(6-25)20(26)31-19/h1-2,5,9,27H,3-4,7-8,26H2/t9-/m1/s1. The molecule has 0 unspecified atom stereocenters. The Morgan fingerprint density at radius 2 is 2.16 bits per heavy atom. The number of nitrogens with two attached hydrogens (primary N) is 1. The second-order valence-electron chi connectivity index (χ2n) is 7.34. The van der Waals surface area contributed by atoms with Gasteiger partial charge in [0.2, 0.25) is 0 Å². The Hall–Kier alpha value is -2.93. The molecule has 1 atom stereocenters. The summed E-state index contributed by atoms with van der Waals surface area (Å²) in [5, 5.41) is 13.0. The molecular weight excluding hydrogens is 446 g/mol. The summed E-state index contributed by atoms with van der Waals surface area (Å²) < 4.78 is 36.1. The Balaban J connectivity index is 1.76. The lowest BCUT2D eigenvalue weighted by atomic mass is 9.96. The summed E-state index contributed by atoms with van der Waals surface area (Å²) in [5.74, 6) is -1.95. The minimum Gasteiger partial charge on any atom is -0.487 e. The first-order chi connectivity index (χ1) is 14.9. The number of hydrogen-bond donors (Lipinski definition) is 2. The van der Waals surface area contributed by atoms with Crippen molar-refractivity contribution in [1.29, 1.82) is 5.26 Å². The van der Waals surface area contributed by atoms with Gasteiger partial charge in [-0.1, -0.05) is 17.7 Å². The van der Waals surface area contributed by atoms with Gasteiger partial charge in [-0.25, -0.2) is 8.78 Å². The van der Waals surface area contributed by atoms with Gasteiger partial charge in [-0.3, -0.25) is 4.79 Å². The van der Waals surface area contributed by atoms with Crippen molar-refractivity contribution >= 4 is 43.9 Å². The first-order valence-corrected chi connectivity index (χ1v) is 10.7. The average Bonchev–Trinajstić information content (AvgIpc) is 3.03. The van der Waals surface area contributed by atoms with Gasteiger partial charge in [-0.2, -0.15) is 5.26 Å². The van der Waals surface area contributed by atoms with Crippen LogP contribution < -0.4 is 15.8 Å². The highest BCUT2D eigenvalue weighted by atomic mass is 35.5. The fourth-order valence-corrected chi connectivity index (χ4v) is 5.41. The fourth-order valence-electron chi connectivity index (χ4n) is 4.17. The van der Waals surface area contributed by atoms with Crippen LogP contribution in [0, 0.1) is 23.0 Å². The van der Waals surface area contributed by atoms with Gasteiger partial charge in [-0.15, -0.1) is 11.3 Å². The number of amides is 1. The molecule has 1 aromatic heterocycles. The molecule has 2 aliphatic heterocycles. The molecule has 5 rings (SSSR count). The third-order valence-corrected chi connectivity index (χ3v) is 6.96. The number of rotatable bonds is 1. The van der Waals surface area contributed by atoms with E-state index in [1.165, 1.54) is 18.2 Å².